The van der Waals surface area contributed by atoms with Gasteiger partial charge in [0.25, 0.3) is 0 Å². The molecule has 0 amide bonds. The van der Waals surface area contributed by atoms with Crippen LogP contribution in [0.15, 0.2) is 24.3 Å². The van der Waals surface area contributed by atoms with E-state index in [-0.39, 0.29) is 0 Å². The monoisotopic (exact) mass is 274 g/mol. The highest BCUT2D eigenvalue weighted by Crippen LogP contribution is 2.38. The van der Waals surface area contributed by atoms with Crippen molar-refractivity contribution < 1.29 is 0 Å². The summed E-state index contributed by atoms with van der Waals surface area (Å²) in [6.07, 6.45) is 12.0. The molecule has 0 aliphatic heterocycles. The molecule has 1 aliphatic rings. The van der Waals surface area contributed by atoms with E-state index in [1.165, 1.54) is 68.9 Å². The number of rotatable bonds is 10. The first kappa shape index (κ1) is 15.5. The van der Waals surface area contributed by atoms with Crippen molar-refractivity contribution in [3.63, 3.8) is 0 Å². The highest BCUT2D eigenvalue weighted by molar-refractivity contribution is 5.41. The van der Waals surface area contributed by atoms with E-state index in [0.717, 1.165) is 0 Å². The van der Waals surface area contributed by atoms with Crippen LogP contribution >= 0.6 is 0 Å². The van der Waals surface area contributed by atoms with E-state index in [9.17, 15) is 0 Å². The average Bonchev–Trinajstić information content (AvgIpc) is 2.45. The molecule has 3 N–H and O–H groups in total. The second-order valence-corrected chi connectivity index (χ2v) is 6.19. The Morgan fingerprint density at radius 2 is 1.80 bits per heavy atom. The fourth-order valence-corrected chi connectivity index (χ4v) is 3.38. The second-order valence-electron chi connectivity index (χ2n) is 6.19. The molecule has 0 heterocycles. The van der Waals surface area contributed by atoms with Gasteiger partial charge in [-0.15, -0.1) is 0 Å². The zero-order chi connectivity index (χ0) is 14.2. The van der Waals surface area contributed by atoms with Crippen LogP contribution in [0, 0.1) is 0 Å². The van der Waals surface area contributed by atoms with E-state index < -0.39 is 0 Å². The standard InChI is InChI=1S/C18H30N2/c1-2-3-4-5-6-7-8-13-18(20-19)17-14-15-11-9-10-12-16(15)17/h9-12,17-18,20H,2-8,13-14,19H2,1H3. The molecule has 112 valence electrons. The summed E-state index contributed by atoms with van der Waals surface area (Å²) in [5.41, 5.74) is 6.08. The van der Waals surface area contributed by atoms with Crippen molar-refractivity contribution in [3.05, 3.63) is 35.4 Å². The number of hydrogen-bond donors (Lipinski definition) is 2. The first-order valence-electron chi connectivity index (χ1n) is 8.40. The Kier molecular flexibility index (Phi) is 6.55. The largest absolute Gasteiger partial charge is 0.271 e. The average molecular weight is 274 g/mol. The van der Waals surface area contributed by atoms with Gasteiger partial charge in [-0.3, -0.25) is 11.3 Å². The maximum Gasteiger partial charge on any atom is 0.0282 e. The number of benzene rings is 1. The minimum atomic E-state index is 0.459. The van der Waals surface area contributed by atoms with Gasteiger partial charge in [-0.2, -0.15) is 0 Å². The molecule has 0 spiro atoms. The lowest BCUT2D eigenvalue weighted by molar-refractivity contribution is 0.371. The van der Waals surface area contributed by atoms with E-state index in [1.54, 1.807) is 0 Å². The molecular weight excluding hydrogens is 244 g/mol. The summed E-state index contributed by atoms with van der Waals surface area (Å²) in [6, 6.07) is 9.24. The quantitative estimate of drug-likeness (QED) is 0.379. The minimum Gasteiger partial charge on any atom is -0.271 e. The van der Waals surface area contributed by atoms with Crippen LogP contribution in [0.4, 0.5) is 0 Å². The van der Waals surface area contributed by atoms with Crippen LogP contribution in [0.2, 0.25) is 0 Å². The zero-order valence-electron chi connectivity index (χ0n) is 12.9. The normalized spacial score (nSPS) is 18.4. The number of fused-ring (bicyclic) bond motifs is 1. The molecule has 0 saturated heterocycles. The third-order valence-corrected chi connectivity index (χ3v) is 4.71. The van der Waals surface area contributed by atoms with Crippen LogP contribution in [0.3, 0.4) is 0 Å². The first-order chi connectivity index (χ1) is 9.86. The number of nitrogens with two attached hydrogens (primary N) is 1. The lowest BCUT2D eigenvalue weighted by atomic mass is 9.72. The van der Waals surface area contributed by atoms with Gasteiger partial charge >= 0.3 is 0 Å². The molecule has 2 unspecified atom stereocenters. The van der Waals surface area contributed by atoms with Gasteiger partial charge < -0.3 is 0 Å². The summed E-state index contributed by atoms with van der Waals surface area (Å²) in [4.78, 5) is 0. The number of hydrogen-bond acceptors (Lipinski definition) is 2. The second kappa shape index (κ2) is 8.43. The molecule has 1 aromatic carbocycles. The molecule has 2 nitrogen and oxygen atoms in total. The third-order valence-electron chi connectivity index (χ3n) is 4.71. The Bertz CT molecular complexity index is 389. The molecule has 1 aromatic rings. The summed E-state index contributed by atoms with van der Waals surface area (Å²) in [5, 5.41) is 0. The minimum absolute atomic E-state index is 0.459. The summed E-state index contributed by atoms with van der Waals surface area (Å²) in [6.45, 7) is 2.27. The molecule has 0 aromatic heterocycles. The summed E-state index contributed by atoms with van der Waals surface area (Å²) >= 11 is 0. The van der Waals surface area contributed by atoms with Gasteiger partial charge in [-0.1, -0.05) is 76.1 Å². The van der Waals surface area contributed by atoms with E-state index in [4.69, 9.17) is 5.84 Å². The van der Waals surface area contributed by atoms with Crippen molar-refractivity contribution in [2.75, 3.05) is 0 Å². The van der Waals surface area contributed by atoms with E-state index in [2.05, 4.69) is 36.6 Å². The Hall–Kier alpha value is -0.860. The summed E-state index contributed by atoms with van der Waals surface area (Å²) in [7, 11) is 0. The third kappa shape index (κ3) is 4.07. The SMILES string of the molecule is CCCCCCCCCC(NN)C1Cc2ccccc21. The van der Waals surface area contributed by atoms with Crippen LogP contribution in [-0.2, 0) is 6.42 Å². The Labute approximate surface area is 124 Å². The van der Waals surface area contributed by atoms with Crippen molar-refractivity contribution in [2.24, 2.45) is 5.84 Å². The Balaban J connectivity index is 1.64. The summed E-state index contributed by atoms with van der Waals surface area (Å²) in [5.74, 6) is 6.41. The molecular formula is C18H30N2. The van der Waals surface area contributed by atoms with E-state index >= 15 is 0 Å². The molecule has 20 heavy (non-hydrogen) atoms. The van der Waals surface area contributed by atoms with E-state index in [1.807, 2.05) is 0 Å². The van der Waals surface area contributed by atoms with Gasteiger partial charge in [-0.05, 0) is 24.0 Å². The molecule has 0 bridgehead atoms. The summed E-state index contributed by atoms with van der Waals surface area (Å²) < 4.78 is 0. The van der Waals surface area contributed by atoms with Crippen molar-refractivity contribution in [2.45, 2.75) is 76.7 Å². The predicted octanol–water partition coefficient (Wildman–Crippen LogP) is 4.30. The molecule has 0 fully saturated rings. The van der Waals surface area contributed by atoms with Gasteiger partial charge in [0.1, 0.15) is 0 Å². The lowest BCUT2D eigenvalue weighted by Crippen LogP contribution is -2.43. The molecule has 2 atom stereocenters. The molecule has 0 radical (unpaired) electrons. The highest BCUT2D eigenvalue weighted by atomic mass is 15.2. The number of hydrazine groups is 1. The van der Waals surface area contributed by atoms with Crippen LogP contribution < -0.4 is 11.3 Å². The van der Waals surface area contributed by atoms with Crippen LogP contribution in [-0.4, -0.2) is 6.04 Å². The van der Waals surface area contributed by atoms with E-state index in [0.29, 0.717) is 12.0 Å². The predicted molar refractivity (Wildman–Crippen MR) is 86.6 cm³/mol. The van der Waals surface area contributed by atoms with Crippen molar-refractivity contribution >= 4 is 0 Å². The fraction of sp³-hybridized carbons (Fsp3) is 0.667. The van der Waals surface area contributed by atoms with Crippen molar-refractivity contribution in [3.8, 4) is 0 Å². The highest BCUT2D eigenvalue weighted by Gasteiger charge is 2.31. The smallest absolute Gasteiger partial charge is 0.0282 e. The maximum absolute atomic E-state index is 5.77. The molecule has 0 saturated carbocycles. The molecule has 1 aliphatic carbocycles. The van der Waals surface area contributed by atoms with Gasteiger partial charge in [-0.25, -0.2) is 0 Å². The van der Waals surface area contributed by atoms with Crippen LogP contribution in [0.1, 0.15) is 75.3 Å². The number of unbranched alkanes of at least 4 members (excludes halogenated alkanes) is 6. The lowest BCUT2D eigenvalue weighted by Gasteiger charge is -2.36. The topological polar surface area (TPSA) is 38.0 Å². The van der Waals surface area contributed by atoms with Crippen LogP contribution in [0.5, 0.6) is 0 Å². The first-order valence-corrected chi connectivity index (χ1v) is 8.40. The Morgan fingerprint density at radius 3 is 2.50 bits per heavy atom. The van der Waals surface area contributed by atoms with Crippen molar-refractivity contribution in [1.82, 2.24) is 5.43 Å². The van der Waals surface area contributed by atoms with Gasteiger partial charge in [0, 0.05) is 12.0 Å². The van der Waals surface area contributed by atoms with Crippen molar-refractivity contribution in [1.29, 1.82) is 0 Å². The number of nitrogens with one attached hydrogen (secondary N) is 1. The van der Waals surface area contributed by atoms with Crippen LogP contribution in [0.25, 0.3) is 0 Å². The van der Waals surface area contributed by atoms with Gasteiger partial charge in [0.05, 0.1) is 0 Å². The fourth-order valence-electron chi connectivity index (χ4n) is 3.38. The molecule has 2 heteroatoms. The molecule has 2 rings (SSSR count). The van der Waals surface area contributed by atoms with Gasteiger partial charge in [0.2, 0.25) is 0 Å². The Morgan fingerprint density at radius 1 is 1.10 bits per heavy atom. The zero-order valence-corrected chi connectivity index (χ0v) is 12.9. The maximum atomic E-state index is 5.77. The van der Waals surface area contributed by atoms with Gasteiger partial charge in [0.15, 0.2) is 0 Å².